The van der Waals surface area contributed by atoms with E-state index in [9.17, 15) is 9.59 Å². The number of ether oxygens (including phenoxy) is 3. The predicted molar refractivity (Wildman–Crippen MR) is 235 cm³/mol. The number of carbonyl (C=O) groups excluding carboxylic acids is 2. The number of aryl methyl sites for hydroxylation is 1. The van der Waals surface area contributed by atoms with Crippen molar-refractivity contribution in [3.63, 3.8) is 0 Å². The molecule has 2 amide bonds. The molecule has 1 N–H and O–H groups in total. The van der Waals surface area contributed by atoms with Gasteiger partial charge in [0, 0.05) is 103 Å². The van der Waals surface area contributed by atoms with E-state index < -0.39 is 11.6 Å². The Morgan fingerprint density at radius 2 is 1.69 bits per heavy atom. The van der Waals surface area contributed by atoms with Crippen LogP contribution in [0.4, 0.5) is 5.82 Å². The highest BCUT2D eigenvalue weighted by Crippen LogP contribution is 2.35. The predicted octanol–water partition coefficient (Wildman–Crippen LogP) is 7.13. The molecule has 0 bridgehead atoms. The van der Waals surface area contributed by atoms with Crippen LogP contribution in [0.2, 0.25) is 0 Å². The molecule has 0 spiro atoms. The Morgan fingerprint density at radius 3 is 2.50 bits per heavy atom. The van der Waals surface area contributed by atoms with Crippen LogP contribution in [-0.2, 0) is 23.1 Å². The molecular weight excluding hydrogens is 781 g/mol. The molecule has 6 aromatic rings. The van der Waals surface area contributed by atoms with Gasteiger partial charge in [0.05, 0.1) is 17.7 Å². The van der Waals surface area contributed by atoms with Crippen LogP contribution in [0.5, 0.6) is 11.6 Å². The fraction of sp³-hybridized carbons (Fsp3) is 0.347. The van der Waals surface area contributed by atoms with Gasteiger partial charge in [-0.1, -0.05) is 18.7 Å². The van der Waals surface area contributed by atoms with Gasteiger partial charge in [-0.25, -0.2) is 15.0 Å². The smallest absolute Gasteiger partial charge is 0.255 e. The number of pyridine rings is 2. The van der Waals surface area contributed by atoms with Crippen molar-refractivity contribution in [1.82, 2.24) is 34.7 Å². The Hall–Kier alpha value is -6.78. The molecular formula is C49H48N8O5. The lowest BCUT2D eigenvalue weighted by Gasteiger charge is -2.40. The van der Waals surface area contributed by atoms with Gasteiger partial charge in [-0.3, -0.25) is 14.6 Å². The van der Waals surface area contributed by atoms with Gasteiger partial charge >= 0.3 is 0 Å². The van der Waals surface area contributed by atoms with E-state index in [2.05, 4.69) is 85.5 Å². The summed E-state index contributed by atoms with van der Waals surface area (Å²) in [6.07, 6.45) is 12.6. The molecule has 1 atom stereocenters. The maximum absolute atomic E-state index is 13.2. The Kier molecular flexibility index (Phi) is 10.1. The molecule has 2 saturated heterocycles. The molecule has 1 unspecified atom stereocenters. The number of piperidine rings is 2. The first-order valence-electron chi connectivity index (χ1n) is 21.4. The lowest BCUT2D eigenvalue weighted by Crippen LogP contribution is -2.49. The van der Waals surface area contributed by atoms with Crippen LogP contribution < -0.4 is 19.7 Å². The minimum Gasteiger partial charge on any atom is -0.475 e. The molecule has 13 heteroatoms. The summed E-state index contributed by atoms with van der Waals surface area (Å²) in [4.78, 5) is 47.8. The first-order valence-corrected chi connectivity index (χ1v) is 21.4. The zero-order valence-corrected chi connectivity index (χ0v) is 35.1. The lowest BCUT2D eigenvalue weighted by atomic mass is 9.91. The number of fused-ring (bicyclic) bond motifs is 4. The summed E-state index contributed by atoms with van der Waals surface area (Å²) in [5.41, 5.74) is 5.72. The summed E-state index contributed by atoms with van der Waals surface area (Å²) in [6, 6.07) is 19.4. The fourth-order valence-corrected chi connectivity index (χ4v) is 9.05. The zero-order chi connectivity index (χ0) is 42.5. The number of anilines is 1. The van der Waals surface area contributed by atoms with Crippen LogP contribution in [0.1, 0.15) is 74.1 Å². The number of rotatable bonds is 9. The van der Waals surface area contributed by atoms with E-state index in [1.54, 1.807) is 23.2 Å². The number of nitrogens with zero attached hydrogens (tertiary/aromatic N) is 7. The van der Waals surface area contributed by atoms with Crippen molar-refractivity contribution < 1.29 is 23.8 Å². The van der Waals surface area contributed by atoms with Crippen LogP contribution in [0.25, 0.3) is 32.9 Å². The van der Waals surface area contributed by atoms with Gasteiger partial charge in [-0.05, 0) is 105 Å². The molecule has 10 rings (SSSR count). The van der Waals surface area contributed by atoms with Crippen molar-refractivity contribution in [1.29, 1.82) is 0 Å². The molecule has 2 aromatic carbocycles. The molecule has 4 aromatic heterocycles. The van der Waals surface area contributed by atoms with Crippen LogP contribution in [0, 0.1) is 11.8 Å². The van der Waals surface area contributed by atoms with Crippen LogP contribution >= 0.6 is 0 Å². The van der Waals surface area contributed by atoms with Gasteiger partial charge in [-0.15, -0.1) is 0 Å². The van der Waals surface area contributed by atoms with Crippen molar-refractivity contribution in [2.75, 3.05) is 18.0 Å². The lowest BCUT2D eigenvalue weighted by molar-refractivity contribution is -0.126. The van der Waals surface area contributed by atoms with E-state index in [0.29, 0.717) is 48.1 Å². The zero-order valence-electron chi connectivity index (χ0n) is 35.1. The highest BCUT2D eigenvalue weighted by atomic mass is 16.5. The Balaban J connectivity index is 0.681. The summed E-state index contributed by atoms with van der Waals surface area (Å²) in [6.45, 7) is 9.62. The van der Waals surface area contributed by atoms with Gasteiger partial charge in [0.1, 0.15) is 23.7 Å². The van der Waals surface area contributed by atoms with Gasteiger partial charge in [-0.2, -0.15) is 0 Å². The monoisotopic (exact) mass is 828 g/mol. The maximum Gasteiger partial charge on any atom is 0.255 e. The third-order valence-electron chi connectivity index (χ3n) is 12.5. The number of hydrogen-bond acceptors (Lipinski definition) is 10. The highest BCUT2D eigenvalue weighted by Gasteiger charge is 2.39. The number of aromatic nitrogens is 5. The molecule has 62 heavy (non-hydrogen) atoms. The molecule has 4 aliphatic rings. The minimum absolute atomic E-state index is 0.0962. The number of carbonyl (C=O) groups is 2. The third-order valence-corrected chi connectivity index (χ3v) is 12.5. The number of hydrogen-bond donors (Lipinski definition) is 1. The van der Waals surface area contributed by atoms with E-state index in [0.717, 1.165) is 72.2 Å². The first kappa shape index (κ1) is 39.4. The topological polar surface area (TPSA) is 137 Å². The van der Waals surface area contributed by atoms with Crippen molar-refractivity contribution in [2.45, 2.75) is 88.9 Å². The molecule has 3 aliphatic heterocycles. The summed E-state index contributed by atoms with van der Waals surface area (Å²) < 4.78 is 21.2. The first-order chi connectivity index (χ1) is 30.0. The normalized spacial score (nSPS) is 20.4. The van der Waals surface area contributed by atoms with E-state index in [1.165, 1.54) is 10.9 Å². The van der Waals surface area contributed by atoms with Crippen LogP contribution in [-0.4, -0.2) is 84.3 Å². The number of nitrogens with one attached hydrogen (secondary N) is 1. The van der Waals surface area contributed by atoms with Gasteiger partial charge in [0.15, 0.2) is 5.60 Å². The second kappa shape index (κ2) is 15.9. The number of amides is 2. The standard InChI is InChI=1S/C49H48N8O5/c1-30-5-11-42(47(58)53-30)57-29-33-23-35(8-10-38(33)48(57)59)62-49(2,3)18-13-44-51-20-15-45(54-44)56-21-16-34(17-22-56)60-36-25-37(26-36)61-46-12-7-32(27-52-46)31-6-9-39-40-28-50-19-14-41(40)55(4)43(39)24-31/h6-10,12,14-15,19-20,23-24,27-28,34,36-37,42H,1,5,11,16-17,21-22,25-26,29H2,2-4H3,(H,53,58). The average molecular weight is 829 g/mol. The van der Waals surface area contributed by atoms with E-state index in [1.807, 2.05) is 50.6 Å². The van der Waals surface area contributed by atoms with Crippen molar-refractivity contribution in [3.05, 3.63) is 115 Å². The summed E-state index contributed by atoms with van der Waals surface area (Å²) >= 11 is 0. The highest BCUT2D eigenvalue weighted by molar-refractivity contribution is 6.08. The number of benzene rings is 2. The molecule has 0 radical (unpaired) electrons. The maximum atomic E-state index is 13.2. The Morgan fingerprint density at radius 1 is 0.855 bits per heavy atom. The van der Waals surface area contributed by atoms with Crippen LogP contribution in [0.15, 0.2) is 97.7 Å². The molecule has 314 valence electrons. The van der Waals surface area contributed by atoms with Gasteiger partial charge in [0.25, 0.3) is 5.91 Å². The van der Waals surface area contributed by atoms with Gasteiger partial charge in [0.2, 0.25) is 17.6 Å². The molecule has 1 aliphatic carbocycles. The van der Waals surface area contributed by atoms with Crippen molar-refractivity contribution in [2.24, 2.45) is 7.05 Å². The van der Waals surface area contributed by atoms with Crippen molar-refractivity contribution >= 4 is 39.4 Å². The summed E-state index contributed by atoms with van der Waals surface area (Å²) in [7, 11) is 2.09. The van der Waals surface area contributed by atoms with E-state index >= 15 is 0 Å². The van der Waals surface area contributed by atoms with E-state index in [4.69, 9.17) is 19.2 Å². The fourth-order valence-electron chi connectivity index (χ4n) is 9.05. The summed E-state index contributed by atoms with van der Waals surface area (Å²) in [5.74, 6) is 8.46. The SMILES string of the molecule is C=C1CCC(N2Cc3cc(OC(C)(C)C#Cc4nccc(N5CCC(OC6CC(Oc7ccc(-c8ccc9c%10cnccc%10n(C)c9c8)cn7)C6)CC5)n4)ccc3C2=O)C(=O)N1. The largest absolute Gasteiger partial charge is 0.475 e. The molecule has 13 nitrogen and oxygen atoms in total. The minimum atomic E-state index is -0.866. The molecule has 7 heterocycles. The van der Waals surface area contributed by atoms with Crippen molar-refractivity contribution in [3.8, 4) is 34.6 Å². The second-order valence-corrected chi connectivity index (χ2v) is 17.2. The van der Waals surface area contributed by atoms with Crippen LogP contribution in [0.3, 0.4) is 0 Å². The number of allylic oxidation sites excluding steroid dienone is 1. The molecule has 1 saturated carbocycles. The second-order valence-electron chi connectivity index (χ2n) is 17.2. The summed E-state index contributed by atoms with van der Waals surface area (Å²) in [5, 5.41) is 5.13. The quantitative estimate of drug-likeness (QED) is 0.150. The van der Waals surface area contributed by atoms with Gasteiger partial charge < -0.3 is 33.9 Å². The Bertz CT molecular complexity index is 2790. The third kappa shape index (κ3) is 7.82. The Labute approximate surface area is 360 Å². The van der Waals surface area contributed by atoms with E-state index in [-0.39, 0.29) is 30.1 Å². The average Bonchev–Trinajstić information content (AvgIpc) is 3.74. The molecule has 3 fully saturated rings.